The van der Waals surface area contributed by atoms with Gasteiger partial charge in [-0.05, 0) is 78.8 Å². The van der Waals surface area contributed by atoms with E-state index in [1.165, 1.54) is 6.07 Å². The average Bonchev–Trinajstić information content (AvgIpc) is 2.80. The van der Waals surface area contributed by atoms with E-state index < -0.39 is 12.1 Å². The van der Waals surface area contributed by atoms with E-state index >= 15 is 0 Å². The van der Waals surface area contributed by atoms with Gasteiger partial charge in [0.15, 0.2) is 0 Å². The molecule has 0 unspecified atom stereocenters. The highest BCUT2D eigenvalue weighted by molar-refractivity contribution is 6.32. The fraction of sp³-hybridized carbons (Fsp3) is 0.296. The molecule has 0 saturated carbocycles. The molecular formula is C27H30Cl2FN3O. The van der Waals surface area contributed by atoms with Gasteiger partial charge in [-0.25, -0.2) is 9.18 Å². The third-order valence-corrected chi connectivity index (χ3v) is 6.71. The number of rotatable bonds is 7. The van der Waals surface area contributed by atoms with Crippen molar-refractivity contribution >= 4 is 46.3 Å². The first-order chi connectivity index (χ1) is 16.2. The van der Waals surface area contributed by atoms with Crippen LogP contribution in [0, 0.1) is 5.82 Å². The minimum absolute atomic E-state index is 0.350. The lowest BCUT2D eigenvalue weighted by molar-refractivity contribution is 0.255. The number of nitrogens with one attached hydrogen (secondary N) is 1. The first-order valence-electron chi connectivity index (χ1n) is 11.4. The maximum Gasteiger partial charge on any atom is 0.326 e. The van der Waals surface area contributed by atoms with Crippen LogP contribution in [0.4, 0.5) is 26.2 Å². The molecule has 0 aromatic heterocycles. The van der Waals surface area contributed by atoms with E-state index in [0.717, 1.165) is 16.7 Å². The van der Waals surface area contributed by atoms with Gasteiger partial charge in [0.2, 0.25) is 0 Å². The molecular weight excluding hydrogens is 472 g/mol. The summed E-state index contributed by atoms with van der Waals surface area (Å²) in [5, 5.41) is 4.15. The summed E-state index contributed by atoms with van der Waals surface area (Å²) >= 11 is 12.5. The van der Waals surface area contributed by atoms with Crippen LogP contribution in [-0.4, -0.2) is 6.03 Å². The van der Waals surface area contributed by atoms with Crippen LogP contribution < -0.4 is 16.0 Å². The topological polar surface area (TPSA) is 58.4 Å². The molecule has 0 spiro atoms. The number of amides is 2. The van der Waals surface area contributed by atoms with Crippen LogP contribution >= 0.6 is 23.2 Å². The van der Waals surface area contributed by atoms with Gasteiger partial charge in [-0.3, -0.25) is 4.90 Å². The summed E-state index contributed by atoms with van der Waals surface area (Å²) < 4.78 is 14.8. The summed E-state index contributed by atoms with van der Waals surface area (Å²) in [4.78, 5) is 15.3. The molecule has 0 saturated heterocycles. The van der Waals surface area contributed by atoms with Crippen LogP contribution in [0.1, 0.15) is 56.0 Å². The number of anilines is 3. The molecule has 0 aliphatic heterocycles. The SMILES string of the molecule is CCc1ccc(N(C(=O)Nc2c(CC)c(N)cc(Cl)c2CC)[C@@H](C)c2ccc(Cl)cc2)cc1F. The van der Waals surface area contributed by atoms with Gasteiger partial charge in [-0.1, -0.05) is 62.2 Å². The molecule has 180 valence electrons. The van der Waals surface area contributed by atoms with Crippen LogP contribution in [0.3, 0.4) is 0 Å². The quantitative estimate of drug-likeness (QED) is 0.320. The monoisotopic (exact) mass is 501 g/mol. The predicted molar refractivity (Wildman–Crippen MR) is 142 cm³/mol. The van der Waals surface area contributed by atoms with E-state index in [-0.39, 0.29) is 5.82 Å². The molecule has 1 atom stereocenters. The number of hydrogen-bond acceptors (Lipinski definition) is 2. The number of hydrogen-bond donors (Lipinski definition) is 2. The third-order valence-electron chi connectivity index (χ3n) is 6.12. The fourth-order valence-electron chi connectivity index (χ4n) is 4.18. The maximum atomic E-state index is 14.8. The van der Waals surface area contributed by atoms with Crippen molar-refractivity contribution in [2.45, 2.75) is 53.0 Å². The first kappa shape index (κ1) is 25.9. The Balaban J connectivity index is 2.11. The summed E-state index contributed by atoms with van der Waals surface area (Å²) in [6.07, 6.45) is 1.80. The number of halogens is 3. The van der Waals surface area contributed by atoms with Gasteiger partial charge in [0.05, 0.1) is 11.7 Å². The first-order valence-corrected chi connectivity index (χ1v) is 12.2. The molecule has 0 aliphatic carbocycles. The minimum atomic E-state index is -0.407. The number of aryl methyl sites for hydroxylation is 1. The van der Waals surface area contributed by atoms with Gasteiger partial charge in [0, 0.05) is 21.4 Å². The fourth-order valence-corrected chi connectivity index (χ4v) is 4.65. The molecule has 0 bridgehead atoms. The van der Waals surface area contributed by atoms with Crippen LogP contribution in [0.25, 0.3) is 0 Å². The molecule has 2 amide bonds. The molecule has 3 rings (SSSR count). The van der Waals surface area contributed by atoms with Crippen molar-refractivity contribution in [1.82, 2.24) is 0 Å². The van der Waals surface area contributed by atoms with Gasteiger partial charge in [0.1, 0.15) is 5.82 Å². The Kier molecular flexibility index (Phi) is 8.45. The van der Waals surface area contributed by atoms with Crippen LogP contribution in [0.2, 0.25) is 10.0 Å². The number of nitrogen functional groups attached to an aromatic ring is 1. The van der Waals surface area contributed by atoms with Crippen molar-refractivity contribution in [1.29, 1.82) is 0 Å². The Morgan fingerprint density at radius 3 is 2.21 bits per heavy atom. The van der Waals surface area contributed by atoms with Crippen molar-refractivity contribution < 1.29 is 9.18 Å². The molecule has 3 aromatic rings. The Bertz CT molecular complexity index is 1150. The molecule has 0 radical (unpaired) electrons. The van der Waals surface area contributed by atoms with E-state index in [1.54, 1.807) is 35.2 Å². The number of benzene rings is 3. The molecule has 3 aromatic carbocycles. The normalized spacial score (nSPS) is 11.9. The van der Waals surface area contributed by atoms with E-state index in [4.69, 9.17) is 28.9 Å². The third kappa shape index (κ3) is 5.31. The number of nitrogens with two attached hydrogens (primary N) is 1. The zero-order valence-electron chi connectivity index (χ0n) is 19.9. The Morgan fingerprint density at radius 1 is 1.00 bits per heavy atom. The Hall–Kier alpha value is -2.76. The summed E-state index contributed by atoms with van der Waals surface area (Å²) in [5.74, 6) is -0.350. The second kappa shape index (κ2) is 11.1. The summed E-state index contributed by atoms with van der Waals surface area (Å²) in [6.45, 7) is 7.73. The van der Waals surface area contributed by atoms with E-state index in [2.05, 4.69) is 5.32 Å². The number of nitrogens with zero attached hydrogens (tertiary/aromatic N) is 1. The highest BCUT2D eigenvalue weighted by Crippen LogP contribution is 2.36. The zero-order chi connectivity index (χ0) is 25.0. The number of carbonyl (C=O) groups is 1. The number of urea groups is 1. The van der Waals surface area contributed by atoms with E-state index in [0.29, 0.717) is 51.9 Å². The lowest BCUT2D eigenvalue weighted by Gasteiger charge is -2.31. The summed E-state index contributed by atoms with van der Waals surface area (Å²) in [6, 6.07) is 13.0. The molecule has 0 aliphatic rings. The second-order valence-electron chi connectivity index (χ2n) is 8.14. The highest BCUT2D eigenvalue weighted by atomic mass is 35.5. The molecule has 0 heterocycles. The number of carbonyl (C=O) groups excluding carboxylic acids is 1. The lowest BCUT2D eigenvalue weighted by atomic mass is 10.0. The maximum absolute atomic E-state index is 14.8. The van der Waals surface area contributed by atoms with Crippen molar-refractivity contribution in [3.8, 4) is 0 Å². The molecule has 34 heavy (non-hydrogen) atoms. The lowest BCUT2D eigenvalue weighted by Crippen LogP contribution is -2.38. The molecule has 3 N–H and O–H groups in total. The summed E-state index contributed by atoms with van der Waals surface area (Å²) in [7, 11) is 0. The van der Waals surface area contributed by atoms with Crippen molar-refractivity contribution in [3.05, 3.63) is 86.6 Å². The predicted octanol–water partition coefficient (Wildman–Crippen LogP) is 8.20. The van der Waals surface area contributed by atoms with E-state index in [1.807, 2.05) is 39.8 Å². The molecule has 4 nitrogen and oxygen atoms in total. The second-order valence-corrected chi connectivity index (χ2v) is 8.99. The van der Waals surface area contributed by atoms with Gasteiger partial charge < -0.3 is 11.1 Å². The molecule has 0 fully saturated rings. The Morgan fingerprint density at radius 2 is 1.65 bits per heavy atom. The van der Waals surface area contributed by atoms with E-state index in [9.17, 15) is 9.18 Å². The van der Waals surface area contributed by atoms with Gasteiger partial charge in [-0.15, -0.1) is 0 Å². The summed E-state index contributed by atoms with van der Waals surface area (Å²) in [5.41, 5.74) is 10.9. The minimum Gasteiger partial charge on any atom is -0.398 e. The van der Waals surface area contributed by atoms with Crippen molar-refractivity contribution in [2.75, 3.05) is 16.0 Å². The largest absolute Gasteiger partial charge is 0.398 e. The van der Waals surface area contributed by atoms with Crippen molar-refractivity contribution in [2.24, 2.45) is 0 Å². The van der Waals surface area contributed by atoms with Gasteiger partial charge in [0.25, 0.3) is 0 Å². The standard InChI is InChI=1S/C27H30Cl2FN3O/c1-5-17-10-13-20(14-24(17)30)33(16(4)18-8-11-19(28)12-9-18)27(34)32-26-21(6-2)23(29)15-25(31)22(26)7-3/h8-16H,5-7,31H2,1-4H3,(H,32,34)/t16-/m0/s1. The Labute approximate surface area is 210 Å². The van der Waals surface area contributed by atoms with Gasteiger partial charge in [-0.2, -0.15) is 0 Å². The van der Waals surface area contributed by atoms with Crippen molar-refractivity contribution in [3.63, 3.8) is 0 Å². The highest BCUT2D eigenvalue weighted by Gasteiger charge is 2.26. The van der Waals surface area contributed by atoms with Gasteiger partial charge >= 0.3 is 6.03 Å². The zero-order valence-corrected chi connectivity index (χ0v) is 21.4. The van der Waals surface area contributed by atoms with Crippen LogP contribution in [0.15, 0.2) is 48.5 Å². The smallest absolute Gasteiger partial charge is 0.326 e. The van der Waals surface area contributed by atoms with Crippen LogP contribution in [0.5, 0.6) is 0 Å². The van der Waals surface area contributed by atoms with Crippen LogP contribution in [-0.2, 0) is 19.3 Å². The average molecular weight is 502 g/mol. The molecule has 7 heteroatoms.